The van der Waals surface area contributed by atoms with E-state index in [1.54, 1.807) is 17.0 Å². The molecule has 1 aromatic heterocycles. The van der Waals surface area contributed by atoms with Gasteiger partial charge in [0.25, 0.3) is 0 Å². The molecule has 0 saturated carbocycles. The molecule has 0 spiro atoms. The highest BCUT2D eigenvalue weighted by Gasteiger charge is 2.28. The number of urea groups is 1. The summed E-state index contributed by atoms with van der Waals surface area (Å²) in [5, 5.41) is 13.4. The second-order valence-electron chi connectivity index (χ2n) is 6.90. The van der Waals surface area contributed by atoms with Gasteiger partial charge in [0.05, 0.1) is 5.92 Å². The summed E-state index contributed by atoms with van der Waals surface area (Å²) in [5.74, 6) is 0.0863. The van der Waals surface area contributed by atoms with Crippen LogP contribution in [-0.4, -0.2) is 40.1 Å². The minimum Gasteiger partial charge on any atom is -0.423 e. The number of aromatic nitrogens is 2. The molecule has 0 aliphatic carbocycles. The zero-order valence-corrected chi connectivity index (χ0v) is 15.7. The molecule has 8 nitrogen and oxygen atoms in total. The average Bonchev–Trinajstić information content (AvgIpc) is 3.30. The summed E-state index contributed by atoms with van der Waals surface area (Å²) in [6.07, 6.45) is 2.80. The lowest BCUT2D eigenvalue weighted by molar-refractivity contribution is -0.121. The molecule has 8 heteroatoms. The zero-order valence-electron chi connectivity index (χ0n) is 15.7. The molecule has 1 aliphatic rings. The highest BCUT2D eigenvalue weighted by molar-refractivity contribution is 5.94. The van der Waals surface area contributed by atoms with Crippen molar-refractivity contribution in [1.29, 1.82) is 0 Å². The van der Waals surface area contributed by atoms with Crippen LogP contribution in [0.3, 0.4) is 0 Å². The summed E-state index contributed by atoms with van der Waals surface area (Å²) in [7, 11) is 0. The normalized spacial score (nSPS) is 16.3. The Kier molecular flexibility index (Phi) is 5.51. The molecule has 3 aromatic rings. The number of hydrogen-bond acceptors (Lipinski definition) is 5. The predicted octanol–water partition coefficient (Wildman–Crippen LogP) is 3.62. The van der Waals surface area contributed by atoms with E-state index < -0.39 is 0 Å². The molecule has 1 atom stereocenters. The number of carbonyl (C=O) groups is 2. The quantitative estimate of drug-likeness (QED) is 0.707. The molecule has 1 aliphatic heterocycles. The van der Waals surface area contributed by atoms with Crippen LogP contribution >= 0.6 is 0 Å². The molecule has 148 valence electrons. The summed E-state index contributed by atoms with van der Waals surface area (Å²) < 4.78 is 5.20. The van der Waals surface area contributed by atoms with Crippen LogP contribution in [0.5, 0.6) is 0 Å². The Morgan fingerprint density at radius 3 is 2.66 bits per heavy atom. The first-order valence-corrected chi connectivity index (χ1v) is 9.47. The van der Waals surface area contributed by atoms with Crippen LogP contribution in [-0.2, 0) is 4.79 Å². The van der Waals surface area contributed by atoms with Crippen molar-refractivity contribution in [3.8, 4) is 11.5 Å². The SMILES string of the molecule is O=C(Nc1ccccc1)C1CCCN(C(=O)Nc2cccc(-c3nnco3)c2)C1. The second-order valence-corrected chi connectivity index (χ2v) is 6.90. The van der Waals surface area contributed by atoms with Gasteiger partial charge in [-0.2, -0.15) is 0 Å². The zero-order chi connectivity index (χ0) is 20.1. The molecular weight excluding hydrogens is 370 g/mol. The molecule has 29 heavy (non-hydrogen) atoms. The van der Waals surface area contributed by atoms with E-state index in [9.17, 15) is 9.59 Å². The van der Waals surface area contributed by atoms with Crippen molar-refractivity contribution in [1.82, 2.24) is 15.1 Å². The Bertz CT molecular complexity index is 975. The second kappa shape index (κ2) is 8.55. The number of piperidine rings is 1. The van der Waals surface area contributed by atoms with Gasteiger partial charge in [0, 0.05) is 30.0 Å². The molecular formula is C21H21N5O3. The van der Waals surface area contributed by atoms with Crippen molar-refractivity contribution in [2.24, 2.45) is 5.92 Å². The van der Waals surface area contributed by atoms with Crippen LogP contribution in [0, 0.1) is 5.92 Å². The van der Waals surface area contributed by atoms with Crippen molar-refractivity contribution in [2.75, 3.05) is 23.7 Å². The molecule has 3 amide bonds. The van der Waals surface area contributed by atoms with Gasteiger partial charge in [-0.1, -0.05) is 24.3 Å². The van der Waals surface area contributed by atoms with Gasteiger partial charge in [-0.15, -0.1) is 10.2 Å². The number of para-hydroxylation sites is 1. The third-order valence-corrected chi connectivity index (χ3v) is 4.84. The van der Waals surface area contributed by atoms with E-state index in [-0.39, 0.29) is 17.9 Å². The minimum atomic E-state index is -0.237. The number of benzene rings is 2. The molecule has 4 rings (SSSR count). The lowest BCUT2D eigenvalue weighted by Crippen LogP contribution is -2.45. The summed E-state index contributed by atoms with van der Waals surface area (Å²) in [5.41, 5.74) is 2.11. The molecule has 0 bridgehead atoms. The molecule has 0 radical (unpaired) electrons. The summed E-state index contributed by atoms with van der Waals surface area (Å²) in [6.45, 7) is 0.998. The van der Waals surface area contributed by atoms with Crippen LogP contribution in [0.4, 0.5) is 16.2 Å². The van der Waals surface area contributed by atoms with Crippen molar-refractivity contribution >= 4 is 23.3 Å². The van der Waals surface area contributed by atoms with Gasteiger partial charge in [-0.05, 0) is 43.2 Å². The average molecular weight is 391 g/mol. The van der Waals surface area contributed by atoms with Crippen LogP contribution in [0.1, 0.15) is 12.8 Å². The third kappa shape index (κ3) is 4.60. The van der Waals surface area contributed by atoms with Crippen molar-refractivity contribution < 1.29 is 14.0 Å². The highest BCUT2D eigenvalue weighted by atomic mass is 16.4. The largest absolute Gasteiger partial charge is 0.423 e. The summed E-state index contributed by atoms with van der Waals surface area (Å²) >= 11 is 0. The van der Waals surface area contributed by atoms with Crippen LogP contribution < -0.4 is 10.6 Å². The molecule has 2 heterocycles. The Labute approximate surface area is 167 Å². The van der Waals surface area contributed by atoms with Gasteiger partial charge in [-0.3, -0.25) is 4.79 Å². The number of hydrogen-bond donors (Lipinski definition) is 2. The number of anilines is 2. The number of carbonyl (C=O) groups excluding carboxylic acids is 2. The number of rotatable bonds is 4. The van der Waals surface area contributed by atoms with E-state index in [0.717, 1.165) is 24.1 Å². The standard InChI is InChI=1S/C21H21N5O3/c27-19(23-17-8-2-1-3-9-17)16-7-5-11-26(13-16)21(28)24-18-10-4-6-15(12-18)20-25-22-14-29-20/h1-4,6,8-10,12,14,16H,5,7,11,13H2,(H,23,27)(H,24,28). The molecule has 1 fully saturated rings. The fourth-order valence-corrected chi connectivity index (χ4v) is 3.37. The molecule has 1 saturated heterocycles. The van der Waals surface area contributed by atoms with Gasteiger partial charge in [0.1, 0.15) is 0 Å². The first-order chi connectivity index (χ1) is 14.2. The van der Waals surface area contributed by atoms with Crippen LogP contribution in [0.15, 0.2) is 65.4 Å². The Morgan fingerprint density at radius 2 is 1.86 bits per heavy atom. The molecule has 2 N–H and O–H groups in total. The van der Waals surface area contributed by atoms with Crippen LogP contribution in [0.2, 0.25) is 0 Å². The van der Waals surface area contributed by atoms with Crippen LogP contribution in [0.25, 0.3) is 11.5 Å². The lowest BCUT2D eigenvalue weighted by Gasteiger charge is -2.32. The maximum atomic E-state index is 12.7. The van der Waals surface area contributed by atoms with E-state index >= 15 is 0 Å². The van der Waals surface area contributed by atoms with Gasteiger partial charge >= 0.3 is 6.03 Å². The van der Waals surface area contributed by atoms with Gasteiger partial charge < -0.3 is 20.0 Å². The van der Waals surface area contributed by atoms with E-state index in [0.29, 0.717) is 24.7 Å². The van der Waals surface area contributed by atoms with E-state index in [4.69, 9.17) is 4.42 Å². The fourth-order valence-electron chi connectivity index (χ4n) is 3.37. The topological polar surface area (TPSA) is 100 Å². The maximum absolute atomic E-state index is 12.7. The van der Waals surface area contributed by atoms with Crippen molar-refractivity contribution in [3.05, 3.63) is 61.0 Å². The Balaban J connectivity index is 1.37. The number of nitrogens with zero attached hydrogens (tertiary/aromatic N) is 3. The molecule has 2 aromatic carbocycles. The maximum Gasteiger partial charge on any atom is 0.321 e. The molecule has 1 unspecified atom stereocenters. The first kappa shape index (κ1) is 18.7. The van der Waals surface area contributed by atoms with Gasteiger partial charge in [0.2, 0.25) is 18.2 Å². The summed E-state index contributed by atoms with van der Waals surface area (Å²) in [4.78, 5) is 27.0. The lowest BCUT2D eigenvalue weighted by atomic mass is 9.97. The smallest absolute Gasteiger partial charge is 0.321 e. The van der Waals surface area contributed by atoms with Gasteiger partial charge in [-0.25, -0.2) is 4.79 Å². The highest BCUT2D eigenvalue weighted by Crippen LogP contribution is 2.22. The Hall–Kier alpha value is -3.68. The monoisotopic (exact) mass is 391 g/mol. The third-order valence-electron chi connectivity index (χ3n) is 4.84. The van der Waals surface area contributed by atoms with E-state index in [2.05, 4.69) is 20.8 Å². The number of nitrogens with one attached hydrogen (secondary N) is 2. The number of amides is 3. The van der Waals surface area contributed by atoms with Crippen molar-refractivity contribution in [3.63, 3.8) is 0 Å². The van der Waals surface area contributed by atoms with E-state index in [1.165, 1.54) is 6.39 Å². The summed E-state index contributed by atoms with van der Waals surface area (Å²) in [6, 6.07) is 16.3. The Morgan fingerprint density at radius 1 is 1.03 bits per heavy atom. The van der Waals surface area contributed by atoms with Crippen molar-refractivity contribution in [2.45, 2.75) is 12.8 Å². The van der Waals surface area contributed by atoms with E-state index in [1.807, 2.05) is 42.5 Å². The predicted molar refractivity (Wildman–Crippen MR) is 108 cm³/mol. The number of likely N-dealkylation sites (tertiary alicyclic amines) is 1. The minimum absolute atomic E-state index is 0.0629. The van der Waals surface area contributed by atoms with Gasteiger partial charge in [0.15, 0.2) is 0 Å². The fraction of sp³-hybridized carbons (Fsp3) is 0.238. The first-order valence-electron chi connectivity index (χ1n) is 9.47.